The fourth-order valence-corrected chi connectivity index (χ4v) is 2.09. The van der Waals surface area contributed by atoms with Crippen molar-refractivity contribution in [2.75, 3.05) is 34.7 Å². The van der Waals surface area contributed by atoms with Crippen LogP contribution in [-0.4, -0.2) is 56.2 Å². The van der Waals surface area contributed by atoms with Crippen LogP contribution >= 0.6 is 0 Å². The maximum atomic E-state index is 2.55. The molecule has 0 spiro atoms. The van der Waals surface area contributed by atoms with Gasteiger partial charge in [-0.25, -0.2) is 0 Å². The fourth-order valence-electron chi connectivity index (χ4n) is 2.09. The maximum absolute atomic E-state index is 2.55. The molecule has 0 N–H and O–H groups in total. The quantitative estimate of drug-likeness (QED) is 0.603. The molecule has 1 fully saturated rings. The third-order valence-corrected chi connectivity index (χ3v) is 3.32. The second-order valence-electron chi connectivity index (χ2n) is 5.55. The van der Waals surface area contributed by atoms with Gasteiger partial charge in [0.15, 0.2) is 0 Å². The molecule has 1 aliphatic rings. The summed E-state index contributed by atoms with van der Waals surface area (Å²) in [4.78, 5) is 2.55. The van der Waals surface area contributed by atoms with Gasteiger partial charge in [0.1, 0.15) is 0 Å². The zero-order valence-corrected chi connectivity index (χ0v) is 9.88. The molecule has 2 atom stereocenters. The van der Waals surface area contributed by atoms with E-state index in [4.69, 9.17) is 0 Å². The van der Waals surface area contributed by atoms with E-state index in [1.165, 1.54) is 25.8 Å². The second kappa shape index (κ2) is 3.97. The molecule has 1 saturated heterocycles. The van der Waals surface area contributed by atoms with E-state index in [0.29, 0.717) is 0 Å². The van der Waals surface area contributed by atoms with Crippen LogP contribution in [0, 0.1) is 0 Å². The van der Waals surface area contributed by atoms with E-state index in [0.717, 1.165) is 16.6 Å². The van der Waals surface area contributed by atoms with Gasteiger partial charge < -0.3 is 9.38 Å². The average molecular weight is 185 g/mol. The summed E-state index contributed by atoms with van der Waals surface area (Å²) in [6.07, 6.45) is 4.14. The summed E-state index contributed by atoms with van der Waals surface area (Å²) in [6, 6.07) is 1.64. The van der Waals surface area contributed by atoms with E-state index in [9.17, 15) is 0 Å². The van der Waals surface area contributed by atoms with Crippen molar-refractivity contribution >= 4 is 0 Å². The molecule has 0 amide bonds. The van der Waals surface area contributed by atoms with Gasteiger partial charge in [0.2, 0.25) is 0 Å². The Morgan fingerprint density at radius 1 is 1.23 bits per heavy atom. The first-order valence-corrected chi connectivity index (χ1v) is 5.42. The van der Waals surface area contributed by atoms with Crippen molar-refractivity contribution in [3.05, 3.63) is 0 Å². The van der Waals surface area contributed by atoms with Gasteiger partial charge in [-0.3, -0.25) is 0 Å². The monoisotopic (exact) mass is 185 g/mol. The van der Waals surface area contributed by atoms with Gasteiger partial charge in [0, 0.05) is 18.5 Å². The van der Waals surface area contributed by atoms with Crippen LogP contribution in [0.4, 0.5) is 0 Å². The lowest BCUT2D eigenvalue weighted by atomic mass is 10.1. The minimum Gasteiger partial charge on any atom is -0.331 e. The molecule has 0 aromatic heterocycles. The highest BCUT2D eigenvalue weighted by molar-refractivity contribution is 4.82. The summed E-state index contributed by atoms with van der Waals surface area (Å²) in [5.74, 6) is 0. The number of hydrogen-bond acceptors (Lipinski definition) is 1. The Morgan fingerprint density at radius 3 is 2.23 bits per heavy atom. The van der Waals surface area contributed by atoms with E-state index < -0.39 is 0 Å². The highest BCUT2D eigenvalue weighted by Crippen LogP contribution is 2.24. The Labute approximate surface area is 83.1 Å². The summed E-state index contributed by atoms with van der Waals surface area (Å²) in [5.41, 5.74) is 0. The zero-order chi connectivity index (χ0) is 10.1. The predicted octanol–water partition coefficient (Wildman–Crippen LogP) is 1.57. The van der Waals surface area contributed by atoms with Gasteiger partial charge in [-0.1, -0.05) is 0 Å². The van der Waals surface area contributed by atoms with Crippen LogP contribution in [0.15, 0.2) is 0 Å². The second-order valence-corrected chi connectivity index (χ2v) is 5.55. The number of likely N-dealkylation sites (tertiary alicyclic amines) is 1. The van der Waals surface area contributed by atoms with Gasteiger partial charge in [-0.05, 0) is 26.8 Å². The smallest absolute Gasteiger partial charge is 0.0795 e. The van der Waals surface area contributed by atoms with E-state index in [1.54, 1.807) is 0 Å². The van der Waals surface area contributed by atoms with Crippen LogP contribution in [0.5, 0.6) is 0 Å². The number of hydrogen-bond donors (Lipinski definition) is 0. The minimum atomic E-state index is 0.803. The largest absolute Gasteiger partial charge is 0.331 e. The first kappa shape index (κ1) is 11.0. The molecule has 0 radical (unpaired) electrons. The molecule has 1 aliphatic heterocycles. The maximum Gasteiger partial charge on any atom is 0.0795 e. The zero-order valence-electron chi connectivity index (χ0n) is 9.88. The SMILES string of the molecule is CC1CCC(CC[N+](C)(C)C)N1C. The topological polar surface area (TPSA) is 3.24 Å². The lowest BCUT2D eigenvalue weighted by molar-refractivity contribution is -0.870. The minimum absolute atomic E-state index is 0.803. The average Bonchev–Trinajstić information content (AvgIpc) is 2.29. The molecule has 2 heteroatoms. The first-order valence-electron chi connectivity index (χ1n) is 5.42. The molecule has 0 aromatic carbocycles. The Balaban J connectivity index is 2.30. The van der Waals surface area contributed by atoms with E-state index in [1.807, 2.05) is 0 Å². The van der Waals surface area contributed by atoms with Crippen LogP contribution in [0.25, 0.3) is 0 Å². The van der Waals surface area contributed by atoms with Crippen LogP contribution in [-0.2, 0) is 0 Å². The molecular weight excluding hydrogens is 160 g/mol. The Hall–Kier alpha value is -0.0800. The van der Waals surface area contributed by atoms with Crippen LogP contribution in [0.3, 0.4) is 0 Å². The van der Waals surface area contributed by atoms with Crippen molar-refractivity contribution in [3.8, 4) is 0 Å². The molecule has 0 aromatic rings. The van der Waals surface area contributed by atoms with Crippen molar-refractivity contribution in [1.82, 2.24) is 4.90 Å². The fraction of sp³-hybridized carbons (Fsp3) is 1.00. The van der Waals surface area contributed by atoms with E-state index >= 15 is 0 Å². The van der Waals surface area contributed by atoms with Gasteiger partial charge in [-0.15, -0.1) is 0 Å². The number of quaternary nitrogens is 1. The summed E-state index contributed by atoms with van der Waals surface area (Å²) in [6.45, 7) is 3.63. The lowest BCUT2D eigenvalue weighted by Crippen LogP contribution is -2.39. The van der Waals surface area contributed by atoms with Gasteiger partial charge in [0.25, 0.3) is 0 Å². The molecular formula is C11H25N2+. The summed E-state index contributed by atoms with van der Waals surface area (Å²) in [7, 11) is 9.10. The summed E-state index contributed by atoms with van der Waals surface area (Å²) >= 11 is 0. The predicted molar refractivity (Wildman–Crippen MR) is 57.8 cm³/mol. The highest BCUT2D eigenvalue weighted by Gasteiger charge is 2.28. The Kier molecular flexibility index (Phi) is 3.36. The molecule has 78 valence electrons. The lowest BCUT2D eigenvalue weighted by Gasteiger charge is -2.28. The van der Waals surface area contributed by atoms with Crippen molar-refractivity contribution in [2.45, 2.75) is 38.3 Å². The van der Waals surface area contributed by atoms with Crippen molar-refractivity contribution in [3.63, 3.8) is 0 Å². The molecule has 2 unspecified atom stereocenters. The molecule has 13 heavy (non-hydrogen) atoms. The van der Waals surface area contributed by atoms with E-state index in [-0.39, 0.29) is 0 Å². The van der Waals surface area contributed by atoms with Crippen LogP contribution in [0.1, 0.15) is 26.2 Å². The van der Waals surface area contributed by atoms with Crippen molar-refractivity contribution in [1.29, 1.82) is 0 Å². The standard InChI is InChI=1S/C11H25N2/c1-10-6-7-11(12(10)2)8-9-13(3,4)5/h10-11H,6-9H2,1-5H3/q+1. The van der Waals surface area contributed by atoms with Gasteiger partial charge >= 0.3 is 0 Å². The van der Waals surface area contributed by atoms with Crippen LogP contribution < -0.4 is 0 Å². The summed E-state index contributed by atoms with van der Waals surface area (Å²) < 4.78 is 1.10. The highest BCUT2D eigenvalue weighted by atomic mass is 15.3. The van der Waals surface area contributed by atoms with Crippen molar-refractivity contribution in [2.24, 2.45) is 0 Å². The van der Waals surface area contributed by atoms with Gasteiger partial charge in [0.05, 0.1) is 27.7 Å². The molecule has 2 nitrogen and oxygen atoms in total. The molecule has 1 heterocycles. The molecule has 0 aliphatic carbocycles. The van der Waals surface area contributed by atoms with E-state index in [2.05, 4.69) is 40.0 Å². The third kappa shape index (κ3) is 3.28. The van der Waals surface area contributed by atoms with Gasteiger partial charge in [-0.2, -0.15) is 0 Å². The Bertz CT molecular complexity index is 160. The summed E-state index contributed by atoms with van der Waals surface area (Å²) in [5, 5.41) is 0. The third-order valence-electron chi connectivity index (χ3n) is 3.32. The normalized spacial score (nSPS) is 31.2. The van der Waals surface area contributed by atoms with Crippen LogP contribution in [0.2, 0.25) is 0 Å². The number of nitrogens with zero attached hydrogens (tertiary/aromatic N) is 2. The Morgan fingerprint density at radius 2 is 1.85 bits per heavy atom. The molecule has 0 saturated carbocycles. The number of rotatable bonds is 3. The molecule has 1 rings (SSSR count). The molecule has 0 bridgehead atoms. The first-order chi connectivity index (χ1) is 5.90. The van der Waals surface area contributed by atoms with Crippen molar-refractivity contribution < 1.29 is 4.48 Å².